The molecule has 2 aromatic heterocycles. The van der Waals surface area contributed by atoms with Crippen LogP contribution in [0.5, 0.6) is 11.6 Å². The number of pyridine rings is 1. The number of nitrogens with zero attached hydrogens (tertiary/aromatic N) is 3. The maximum atomic E-state index is 12.7. The Morgan fingerprint density at radius 2 is 2.06 bits per heavy atom. The number of rotatable bonds is 4. The fourth-order valence-corrected chi connectivity index (χ4v) is 3.77. The van der Waals surface area contributed by atoms with Gasteiger partial charge in [0, 0.05) is 30.9 Å². The Labute approximate surface area is 200 Å². The highest BCUT2D eigenvalue weighted by Crippen LogP contribution is 2.31. The van der Waals surface area contributed by atoms with Gasteiger partial charge in [0.15, 0.2) is 5.82 Å². The zero-order valence-corrected chi connectivity index (χ0v) is 19.5. The van der Waals surface area contributed by atoms with Crippen LogP contribution in [-0.4, -0.2) is 34.2 Å². The molecular formula is C25H25F3N4O3. The predicted molar refractivity (Wildman–Crippen MR) is 124 cm³/mol. The van der Waals surface area contributed by atoms with Gasteiger partial charge in [-0.3, -0.25) is 5.32 Å². The summed E-state index contributed by atoms with van der Waals surface area (Å²) in [4.78, 5) is 18.2. The number of aromatic nitrogens is 2. The summed E-state index contributed by atoms with van der Waals surface area (Å²) in [6, 6.07) is 9.15. The Bertz CT molecular complexity index is 1240. The molecule has 10 heteroatoms. The van der Waals surface area contributed by atoms with Crippen LogP contribution in [0.2, 0.25) is 0 Å². The number of halogens is 3. The highest BCUT2D eigenvalue weighted by molar-refractivity contribution is 5.89. The van der Waals surface area contributed by atoms with E-state index >= 15 is 0 Å². The summed E-state index contributed by atoms with van der Waals surface area (Å²) in [5.41, 5.74) is 2.05. The summed E-state index contributed by atoms with van der Waals surface area (Å²) in [6.07, 6.45) is -0.939. The number of alkyl halides is 3. The van der Waals surface area contributed by atoms with Crippen LogP contribution in [0.4, 0.5) is 23.8 Å². The van der Waals surface area contributed by atoms with Crippen molar-refractivity contribution < 1.29 is 27.2 Å². The average Bonchev–Trinajstić information content (AvgIpc) is 3.12. The first kappa shape index (κ1) is 24.3. The number of ether oxygens (including phenoxy) is 1. The molecule has 2 amide bonds. The van der Waals surface area contributed by atoms with E-state index in [2.05, 4.69) is 28.5 Å². The van der Waals surface area contributed by atoms with Gasteiger partial charge in [0.2, 0.25) is 5.88 Å². The number of benzene rings is 1. The molecule has 7 nitrogen and oxygen atoms in total. The molecule has 0 bridgehead atoms. The molecule has 1 fully saturated rings. The molecule has 0 aliphatic carbocycles. The number of aryl methyl sites for hydroxylation is 1. The van der Waals surface area contributed by atoms with Gasteiger partial charge in [0.25, 0.3) is 0 Å². The summed E-state index contributed by atoms with van der Waals surface area (Å²) >= 11 is 0. The van der Waals surface area contributed by atoms with Gasteiger partial charge in [-0.05, 0) is 49.9 Å². The lowest BCUT2D eigenvalue weighted by molar-refractivity contribution is -0.137. The minimum Gasteiger partial charge on any atom is -0.439 e. The normalized spacial score (nSPS) is 17.5. The molecule has 0 spiro atoms. The average molecular weight is 486 g/mol. The first-order valence-electron chi connectivity index (χ1n) is 11.1. The third kappa shape index (κ3) is 5.82. The van der Waals surface area contributed by atoms with Gasteiger partial charge in [-0.1, -0.05) is 35.9 Å². The van der Waals surface area contributed by atoms with E-state index in [1.54, 1.807) is 30.0 Å². The summed E-state index contributed by atoms with van der Waals surface area (Å²) < 4.78 is 48.9. The molecule has 0 saturated carbocycles. The molecule has 1 aliphatic rings. The van der Waals surface area contributed by atoms with Crippen molar-refractivity contribution in [2.75, 3.05) is 18.4 Å². The first-order chi connectivity index (χ1) is 16.6. The van der Waals surface area contributed by atoms with Gasteiger partial charge in [-0.15, -0.1) is 0 Å². The van der Waals surface area contributed by atoms with E-state index in [1.807, 2.05) is 13.0 Å². The van der Waals surface area contributed by atoms with Gasteiger partial charge in [-0.25, -0.2) is 9.78 Å². The van der Waals surface area contributed by atoms with Crippen molar-refractivity contribution in [3.8, 4) is 11.6 Å². The second kappa shape index (κ2) is 9.81. The lowest BCUT2D eigenvalue weighted by Crippen LogP contribution is -2.42. The van der Waals surface area contributed by atoms with E-state index in [0.717, 1.165) is 23.4 Å². The Balaban J connectivity index is 1.39. The smallest absolute Gasteiger partial charge is 0.417 e. The molecular weight excluding hydrogens is 461 g/mol. The largest absolute Gasteiger partial charge is 0.439 e. The molecule has 1 N–H and O–H groups in total. The van der Waals surface area contributed by atoms with Crippen molar-refractivity contribution in [3.63, 3.8) is 0 Å². The topological polar surface area (TPSA) is 80.5 Å². The molecule has 3 heterocycles. The minimum absolute atomic E-state index is 0.0769. The molecule has 184 valence electrons. The number of urea groups is 1. The quantitative estimate of drug-likeness (QED) is 0.458. The second-order valence-corrected chi connectivity index (χ2v) is 8.52. The van der Waals surface area contributed by atoms with E-state index in [4.69, 9.17) is 9.26 Å². The third-order valence-electron chi connectivity index (χ3n) is 5.96. The van der Waals surface area contributed by atoms with Crippen molar-refractivity contribution in [3.05, 3.63) is 70.6 Å². The molecule has 35 heavy (non-hydrogen) atoms. The fourth-order valence-electron chi connectivity index (χ4n) is 3.77. The number of nitrogens with one attached hydrogen (secondary N) is 1. The van der Waals surface area contributed by atoms with E-state index in [-0.39, 0.29) is 17.8 Å². The highest BCUT2D eigenvalue weighted by atomic mass is 19.4. The van der Waals surface area contributed by atoms with Crippen LogP contribution in [0, 0.1) is 19.8 Å². The van der Waals surface area contributed by atoms with Crippen molar-refractivity contribution in [1.29, 1.82) is 0 Å². The number of likely N-dealkylation sites (tertiary alicyclic amines) is 1. The standard InChI is InChI=1S/C25H25F3N4O3/c1-15-14-32(24(33)30-23-16(2)17(3)35-31-23)10-9-19(15)11-18-5-4-6-21(12-18)34-22-8-7-20(13-29-22)25(26,27)28/h4-8,11-13,15H,9-10,14H2,1-3H3,(H,30,31,33). The van der Waals surface area contributed by atoms with Crippen molar-refractivity contribution >= 4 is 17.9 Å². The van der Waals surface area contributed by atoms with Crippen molar-refractivity contribution in [1.82, 2.24) is 15.0 Å². The SMILES string of the molecule is Cc1onc(NC(=O)N2CCC(=Cc3cccc(Oc4ccc(C(F)(F)F)cn4)c3)C(C)C2)c1C. The minimum atomic E-state index is -4.45. The fraction of sp³-hybridized carbons (Fsp3) is 0.320. The molecule has 3 aromatic rings. The molecule has 4 rings (SSSR count). The van der Waals surface area contributed by atoms with Crippen LogP contribution >= 0.6 is 0 Å². The van der Waals surface area contributed by atoms with Gasteiger partial charge < -0.3 is 14.2 Å². The zero-order valence-electron chi connectivity index (χ0n) is 19.5. The van der Waals surface area contributed by atoms with Crippen LogP contribution < -0.4 is 10.1 Å². The van der Waals surface area contributed by atoms with Crippen LogP contribution in [0.15, 0.2) is 52.7 Å². The van der Waals surface area contributed by atoms with E-state index in [0.29, 0.717) is 36.8 Å². The van der Waals surface area contributed by atoms with Crippen LogP contribution in [0.3, 0.4) is 0 Å². The number of carbonyl (C=O) groups is 1. The number of hydrogen-bond donors (Lipinski definition) is 1. The molecule has 0 radical (unpaired) electrons. The molecule has 1 unspecified atom stereocenters. The lowest BCUT2D eigenvalue weighted by Gasteiger charge is -2.33. The lowest BCUT2D eigenvalue weighted by atomic mass is 9.91. The van der Waals surface area contributed by atoms with Crippen molar-refractivity contribution in [2.45, 2.75) is 33.4 Å². The maximum absolute atomic E-state index is 12.7. The monoisotopic (exact) mass is 486 g/mol. The first-order valence-corrected chi connectivity index (χ1v) is 11.1. The number of hydrogen-bond acceptors (Lipinski definition) is 5. The summed E-state index contributed by atoms with van der Waals surface area (Å²) in [5.74, 6) is 1.77. The zero-order chi connectivity index (χ0) is 25.2. The van der Waals surface area contributed by atoms with E-state index in [9.17, 15) is 18.0 Å². The van der Waals surface area contributed by atoms with Crippen molar-refractivity contribution in [2.24, 2.45) is 5.92 Å². The second-order valence-electron chi connectivity index (χ2n) is 8.52. The number of anilines is 1. The Morgan fingerprint density at radius 1 is 1.26 bits per heavy atom. The summed E-state index contributed by atoms with van der Waals surface area (Å²) in [5, 5.41) is 6.69. The van der Waals surface area contributed by atoms with Gasteiger partial charge in [0.05, 0.1) is 5.56 Å². The number of amides is 2. The third-order valence-corrected chi connectivity index (χ3v) is 5.96. The van der Waals surface area contributed by atoms with Gasteiger partial charge >= 0.3 is 12.2 Å². The Morgan fingerprint density at radius 3 is 2.69 bits per heavy atom. The van der Waals surface area contributed by atoms with E-state index < -0.39 is 11.7 Å². The number of carbonyl (C=O) groups excluding carboxylic acids is 1. The molecule has 1 aliphatic heterocycles. The molecule has 1 atom stereocenters. The predicted octanol–water partition coefficient (Wildman–Crippen LogP) is 6.45. The number of piperidine rings is 1. The van der Waals surface area contributed by atoms with Gasteiger partial charge in [-0.2, -0.15) is 13.2 Å². The van der Waals surface area contributed by atoms with Gasteiger partial charge in [0.1, 0.15) is 11.5 Å². The Hall–Kier alpha value is -3.82. The summed E-state index contributed by atoms with van der Waals surface area (Å²) in [6.45, 7) is 6.80. The van der Waals surface area contributed by atoms with Crippen LogP contribution in [-0.2, 0) is 6.18 Å². The van der Waals surface area contributed by atoms with Crippen LogP contribution in [0.25, 0.3) is 6.08 Å². The summed E-state index contributed by atoms with van der Waals surface area (Å²) in [7, 11) is 0. The highest BCUT2D eigenvalue weighted by Gasteiger charge is 2.30. The maximum Gasteiger partial charge on any atom is 0.417 e. The van der Waals surface area contributed by atoms with Crippen LogP contribution in [0.1, 0.15) is 35.8 Å². The molecule has 1 saturated heterocycles. The Kier molecular flexibility index (Phi) is 6.81. The van der Waals surface area contributed by atoms with E-state index in [1.165, 1.54) is 11.6 Å². The molecule has 1 aromatic carbocycles.